The average Bonchev–Trinajstić information content (AvgIpc) is 2.01. The first-order valence-electron chi connectivity index (χ1n) is 4.46. The van der Waals surface area contributed by atoms with Gasteiger partial charge in [-0.25, -0.2) is 0 Å². The fraction of sp³-hybridized carbons (Fsp3) is 0.300. The minimum atomic E-state index is -1.56. The van der Waals surface area contributed by atoms with Crippen LogP contribution in [0, 0.1) is 0 Å². The Morgan fingerprint density at radius 3 is 2.50 bits per heavy atom. The van der Waals surface area contributed by atoms with Crippen molar-refractivity contribution in [3.05, 3.63) is 34.9 Å². The van der Waals surface area contributed by atoms with E-state index in [-0.39, 0.29) is 5.91 Å². The fourth-order valence-corrected chi connectivity index (χ4v) is 2.06. The van der Waals surface area contributed by atoms with Gasteiger partial charge in [0, 0.05) is 10.6 Å². The molecule has 4 heteroatoms. The van der Waals surface area contributed by atoms with Crippen LogP contribution in [0.2, 0.25) is 24.7 Å². The molecule has 0 saturated carbocycles. The third-order valence-corrected chi connectivity index (χ3v) is 2.79. The monoisotopic (exact) mass is 227 g/mol. The molecule has 0 unspecified atom stereocenters. The Kier molecular flexibility index (Phi) is 3.34. The van der Waals surface area contributed by atoms with Crippen LogP contribution in [-0.2, 0) is 0 Å². The third kappa shape index (κ3) is 3.52. The van der Waals surface area contributed by atoms with Crippen molar-refractivity contribution >= 4 is 25.7 Å². The van der Waals surface area contributed by atoms with Gasteiger partial charge in [0.25, 0.3) is 0 Å². The lowest BCUT2D eigenvalue weighted by molar-refractivity contribution is 0.0978. The Bertz CT molecular complexity index is 346. The van der Waals surface area contributed by atoms with Crippen molar-refractivity contribution in [1.82, 2.24) is 4.98 Å². The van der Waals surface area contributed by atoms with Gasteiger partial charge in [-0.2, -0.15) is 0 Å². The minimum absolute atomic E-state index is 0.0355. The van der Waals surface area contributed by atoms with Crippen LogP contribution in [-0.4, -0.2) is 14.1 Å². The molecule has 14 heavy (non-hydrogen) atoms. The molecule has 76 valence electrons. The normalized spacial score (nSPS) is 11.1. The number of halogens is 1. The van der Waals surface area contributed by atoms with Crippen LogP contribution >= 0.6 is 11.6 Å². The second kappa shape index (κ2) is 4.15. The van der Waals surface area contributed by atoms with Gasteiger partial charge in [-0.3, -0.25) is 4.79 Å². The Morgan fingerprint density at radius 2 is 2.00 bits per heavy atom. The lowest BCUT2D eigenvalue weighted by atomic mass is 10.2. The molecule has 0 spiro atoms. The second-order valence-corrected chi connectivity index (χ2v) is 9.40. The second-order valence-electron chi connectivity index (χ2n) is 4.21. The number of benzene rings is 1. The maximum atomic E-state index is 11.7. The minimum Gasteiger partial charge on any atom is -0.378 e. The lowest BCUT2D eigenvalue weighted by Crippen LogP contribution is -2.45. The maximum Gasteiger partial charge on any atom is 0.243 e. The first-order valence-corrected chi connectivity index (χ1v) is 8.34. The third-order valence-electron chi connectivity index (χ3n) is 1.58. The molecule has 0 heterocycles. The highest BCUT2D eigenvalue weighted by Gasteiger charge is 2.17. The van der Waals surface area contributed by atoms with E-state index in [1.807, 2.05) is 0 Å². The topological polar surface area (TPSA) is 29.1 Å². The Hall–Kier alpha value is -0.803. The van der Waals surface area contributed by atoms with E-state index in [1.165, 1.54) is 0 Å². The molecule has 0 aliphatic heterocycles. The van der Waals surface area contributed by atoms with Crippen molar-refractivity contribution in [2.75, 3.05) is 0 Å². The Balaban J connectivity index is 2.80. The van der Waals surface area contributed by atoms with Gasteiger partial charge in [-0.15, -0.1) is 0 Å². The van der Waals surface area contributed by atoms with Crippen LogP contribution in [0.4, 0.5) is 0 Å². The molecule has 2 nitrogen and oxygen atoms in total. The van der Waals surface area contributed by atoms with Crippen molar-refractivity contribution in [3.8, 4) is 0 Å². The molecular weight excluding hydrogens is 214 g/mol. The quantitative estimate of drug-likeness (QED) is 0.774. The number of hydrogen-bond acceptors (Lipinski definition) is 1. The summed E-state index contributed by atoms with van der Waals surface area (Å²) >= 11 is 5.79. The lowest BCUT2D eigenvalue weighted by Gasteiger charge is -2.17. The summed E-state index contributed by atoms with van der Waals surface area (Å²) < 4.78 is 0. The summed E-state index contributed by atoms with van der Waals surface area (Å²) in [6, 6.07) is 6.98. The van der Waals surface area contributed by atoms with Gasteiger partial charge in [0.1, 0.15) is 8.24 Å². The number of rotatable bonds is 2. The first-order chi connectivity index (χ1) is 6.38. The number of carbonyl (C=O) groups is 1. The predicted octanol–water partition coefficient (Wildman–Crippen LogP) is 2.90. The smallest absolute Gasteiger partial charge is 0.243 e. The van der Waals surface area contributed by atoms with Crippen molar-refractivity contribution < 1.29 is 4.79 Å². The van der Waals surface area contributed by atoms with E-state index >= 15 is 0 Å². The van der Waals surface area contributed by atoms with Gasteiger partial charge in [0.2, 0.25) is 5.91 Å². The molecular formula is C10H14ClNOSi. The molecule has 0 atom stereocenters. The van der Waals surface area contributed by atoms with Gasteiger partial charge >= 0.3 is 0 Å². The van der Waals surface area contributed by atoms with E-state index < -0.39 is 8.24 Å². The molecule has 0 aliphatic carbocycles. The average molecular weight is 228 g/mol. The molecule has 0 fully saturated rings. The van der Waals surface area contributed by atoms with E-state index in [1.54, 1.807) is 24.3 Å². The summed E-state index contributed by atoms with van der Waals surface area (Å²) in [5.74, 6) is -0.0355. The summed E-state index contributed by atoms with van der Waals surface area (Å²) in [4.78, 5) is 14.7. The molecule has 1 amide bonds. The summed E-state index contributed by atoms with van der Waals surface area (Å²) in [5, 5.41) is 0.591. The molecule has 1 N–H and O–H groups in total. The molecule has 0 bridgehead atoms. The van der Waals surface area contributed by atoms with Crippen LogP contribution in [0.1, 0.15) is 10.4 Å². The van der Waals surface area contributed by atoms with E-state index in [0.717, 1.165) is 0 Å². The zero-order valence-electron chi connectivity index (χ0n) is 8.60. The predicted molar refractivity (Wildman–Crippen MR) is 62.3 cm³/mol. The van der Waals surface area contributed by atoms with Crippen LogP contribution in [0.15, 0.2) is 24.3 Å². The van der Waals surface area contributed by atoms with Crippen molar-refractivity contribution in [3.63, 3.8) is 0 Å². The van der Waals surface area contributed by atoms with Crippen LogP contribution in [0.3, 0.4) is 0 Å². The number of carbonyl (C=O) groups excluding carboxylic acids is 1. The molecule has 1 aromatic rings. The summed E-state index contributed by atoms with van der Waals surface area (Å²) in [6.45, 7) is 6.24. The summed E-state index contributed by atoms with van der Waals surface area (Å²) in [5.41, 5.74) is 0.625. The molecule has 1 rings (SSSR count). The Labute approximate surface area is 90.4 Å². The highest BCUT2D eigenvalue weighted by molar-refractivity contribution is 6.76. The molecule has 0 aromatic heterocycles. The summed E-state index contributed by atoms with van der Waals surface area (Å²) in [6.07, 6.45) is 0. The zero-order valence-corrected chi connectivity index (χ0v) is 10.4. The van der Waals surface area contributed by atoms with Gasteiger partial charge in [-0.1, -0.05) is 37.3 Å². The molecule has 0 aliphatic rings. The fourth-order valence-electron chi connectivity index (χ4n) is 1.04. The van der Waals surface area contributed by atoms with Crippen molar-refractivity contribution in [2.45, 2.75) is 19.6 Å². The van der Waals surface area contributed by atoms with E-state index in [0.29, 0.717) is 10.6 Å². The van der Waals surface area contributed by atoms with E-state index in [2.05, 4.69) is 24.6 Å². The van der Waals surface area contributed by atoms with Gasteiger partial charge in [0.15, 0.2) is 0 Å². The van der Waals surface area contributed by atoms with Crippen molar-refractivity contribution in [1.29, 1.82) is 0 Å². The summed E-state index contributed by atoms with van der Waals surface area (Å²) in [7, 11) is -1.56. The Morgan fingerprint density at radius 1 is 1.36 bits per heavy atom. The highest BCUT2D eigenvalue weighted by Crippen LogP contribution is 2.11. The SMILES string of the molecule is C[Si](C)(C)NC(=O)c1cccc(Cl)c1. The number of amides is 1. The van der Waals surface area contributed by atoms with Gasteiger partial charge in [0.05, 0.1) is 0 Å². The standard InChI is InChI=1S/C10H14ClNOSi/c1-14(2,3)12-10(13)8-5-4-6-9(11)7-8/h4-7H,1-3H3,(H,12,13). The highest BCUT2D eigenvalue weighted by atomic mass is 35.5. The van der Waals surface area contributed by atoms with Crippen LogP contribution < -0.4 is 4.98 Å². The number of hydrogen-bond donors (Lipinski definition) is 1. The number of nitrogens with one attached hydrogen (secondary N) is 1. The van der Waals surface area contributed by atoms with Crippen molar-refractivity contribution in [2.24, 2.45) is 0 Å². The van der Waals surface area contributed by atoms with E-state index in [9.17, 15) is 4.79 Å². The zero-order chi connectivity index (χ0) is 10.8. The largest absolute Gasteiger partial charge is 0.378 e. The molecule has 1 aromatic carbocycles. The maximum absolute atomic E-state index is 11.7. The molecule has 0 saturated heterocycles. The van der Waals surface area contributed by atoms with Crippen LogP contribution in [0.5, 0.6) is 0 Å². The first kappa shape index (κ1) is 11.3. The van der Waals surface area contributed by atoms with Gasteiger partial charge in [-0.05, 0) is 18.2 Å². The van der Waals surface area contributed by atoms with Gasteiger partial charge < -0.3 is 4.98 Å². The van der Waals surface area contributed by atoms with E-state index in [4.69, 9.17) is 11.6 Å². The molecule has 0 radical (unpaired) electrons. The van der Waals surface area contributed by atoms with Crippen LogP contribution in [0.25, 0.3) is 0 Å².